The van der Waals surface area contributed by atoms with E-state index >= 15 is 0 Å². The van der Waals surface area contributed by atoms with Crippen LogP contribution >= 0.6 is 0 Å². The van der Waals surface area contributed by atoms with E-state index < -0.39 is 12.1 Å². The SMILES string of the molecule is CN(Cc1ccc(CNC(=O)OCCC2CC3(CCC3)C2)cc1C=O)C1CCC(=O)NC1=O. The standard InChI is InChI=1S/C25H33N3O5/c1-28(21-5-6-22(30)27-23(21)31)15-19-4-3-17(11-20(19)16-29)14-26-24(32)33-10-7-18-12-25(13-18)8-2-9-25/h3-4,11,16,18,21H,2,5-10,12-15H2,1H3,(H,26,32)(H,27,30,31). The number of benzene rings is 1. The maximum atomic E-state index is 12.1. The summed E-state index contributed by atoms with van der Waals surface area (Å²) in [6.07, 6.45) is 8.74. The van der Waals surface area contributed by atoms with Crippen LogP contribution in [-0.2, 0) is 27.4 Å². The fraction of sp³-hybridized carbons (Fsp3) is 0.600. The molecule has 2 N–H and O–H groups in total. The lowest BCUT2D eigenvalue weighted by Crippen LogP contribution is -2.51. The highest BCUT2D eigenvalue weighted by Crippen LogP contribution is 2.59. The first-order valence-corrected chi connectivity index (χ1v) is 11.9. The Hall–Kier alpha value is -2.74. The molecule has 1 spiro atoms. The fourth-order valence-corrected chi connectivity index (χ4v) is 5.49. The first-order valence-electron chi connectivity index (χ1n) is 11.9. The van der Waals surface area contributed by atoms with Gasteiger partial charge in [0.15, 0.2) is 0 Å². The van der Waals surface area contributed by atoms with Crippen LogP contribution in [-0.4, -0.2) is 48.8 Å². The molecule has 2 aliphatic carbocycles. The van der Waals surface area contributed by atoms with Crippen molar-refractivity contribution in [3.05, 3.63) is 34.9 Å². The van der Waals surface area contributed by atoms with Crippen molar-refractivity contribution >= 4 is 24.2 Å². The Balaban J connectivity index is 1.21. The minimum atomic E-state index is -0.443. The van der Waals surface area contributed by atoms with Gasteiger partial charge in [0.1, 0.15) is 6.29 Å². The van der Waals surface area contributed by atoms with E-state index in [-0.39, 0.29) is 18.4 Å². The molecule has 1 unspecified atom stereocenters. The summed E-state index contributed by atoms with van der Waals surface area (Å²) in [5, 5.41) is 5.10. The number of nitrogens with one attached hydrogen (secondary N) is 2. The molecular weight excluding hydrogens is 422 g/mol. The van der Waals surface area contributed by atoms with Gasteiger partial charge in [0.25, 0.3) is 0 Å². The largest absolute Gasteiger partial charge is 0.450 e. The van der Waals surface area contributed by atoms with Gasteiger partial charge in [-0.2, -0.15) is 0 Å². The van der Waals surface area contributed by atoms with E-state index in [1.54, 1.807) is 13.1 Å². The Morgan fingerprint density at radius 3 is 2.76 bits per heavy atom. The van der Waals surface area contributed by atoms with Crippen LogP contribution in [0, 0.1) is 11.3 Å². The summed E-state index contributed by atoms with van der Waals surface area (Å²) in [6, 6.07) is 5.03. The predicted molar refractivity (Wildman–Crippen MR) is 121 cm³/mol. The molecule has 1 saturated heterocycles. The zero-order chi connectivity index (χ0) is 23.4. The second kappa shape index (κ2) is 10.0. The molecule has 3 aliphatic rings. The third-order valence-electron chi connectivity index (χ3n) is 7.55. The van der Waals surface area contributed by atoms with Gasteiger partial charge in [-0.15, -0.1) is 0 Å². The zero-order valence-corrected chi connectivity index (χ0v) is 19.2. The molecule has 0 aromatic heterocycles. The molecule has 2 saturated carbocycles. The Labute approximate surface area is 194 Å². The third-order valence-corrected chi connectivity index (χ3v) is 7.55. The van der Waals surface area contributed by atoms with Gasteiger partial charge in [-0.25, -0.2) is 4.79 Å². The van der Waals surface area contributed by atoms with Gasteiger partial charge in [0.05, 0.1) is 12.6 Å². The zero-order valence-electron chi connectivity index (χ0n) is 19.2. The fourth-order valence-electron chi connectivity index (χ4n) is 5.49. The van der Waals surface area contributed by atoms with Gasteiger partial charge in [-0.1, -0.05) is 18.6 Å². The van der Waals surface area contributed by atoms with Crippen molar-refractivity contribution in [2.45, 2.75) is 70.5 Å². The number of carbonyl (C=O) groups excluding carboxylic acids is 4. The molecule has 178 valence electrons. The first-order chi connectivity index (χ1) is 15.9. The number of likely N-dealkylation sites (N-methyl/N-ethyl adjacent to an activating group) is 1. The number of amides is 3. The van der Waals surface area contributed by atoms with Crippen LogP contribution in [0.25, 0.3) is 0 Å². The van der Waals surface area contributed by atoms with Gasteiger partial charge in [-0.05, 0) is 74.1 Å². The smallest absolute Gasteiger partial charge is 0.407 e. The van der Waals surface area contributed by atoms with E-state index in [9.17, 15) is 19.2 Å². The van der Waals surface area contributed by atoms with Crippen molar-refractivity contribution in [2.24, 2.45) is 11.3 Å². The molecular formula is C25H33N3O5. The van der Waals surface area contributed by atoms with E-state index in [0.29, 0.717) is 42.9 Å². The number of imide groups is 1. The Morgan fingerprint density at radius 1 is 1.30 bits per heavy atom. The molecule has 0 bridgehead atoms. The van der Waals surface area contributed by atoms with Gasteiger partial charge < -0.3 is 10.1 Å². The van der Waals surface area contributed by atoms with Crippen LogP contribution in [0.3, 0.4) is 0 Å². The highest BCUT2D eigenvalue weighted by Gasteiger charge is 2.47. The maximum Gasteiger partial charge on any atom is 0.407 e. The average Bonchev–Trinajstić information content (AvgIpc) is 2.73. The van der Waals surface area contributed by atoms with Crippen molar-refractivity contribution in [1.82, 2.24) is 15.5 Å². The van der Waals surface area contributed by atoms with Crippen LogP contribution in [0.1, 0.15) is 72.9 Å². The monoisotopic (exact) mass is 455 g/mol. The average molecular weight is 456 g/mol. The van der Waals surface area contributed by atoms with Crippen LogP contribution < -0.4 is 10.6 Å². The molecule has 1 atom stereocenters. The number of ether oxygens (including phenoxy) is 1. The third kappa shape index (κ3) is 5.61. The van der Waals surface area contributed by atoms with Crippen LogP contribution in [0.4, 0.5) is 4.79 Å². The lowest BCUT2D eigenvalue weighted by molar-refractivity contribution is -0.137. The summed E-state index contributed by atoms with van der Waals surface area (Å²) in [6.45, 7) is 1.12. The van der Waals surface area contributed by atoms with Crippen LogP contribution in [0.5, 0.6) is 0 Å². The summed E-state index contributed by atoms with van der Waals surface area (Å²) < 4.78 is 5.32. The van der Waals surface area contributed by atoms with Gasteiger partial charge in [0, 0.05) is 25.1 Å². The molecule has 8 nitrogen and oxygen atoms in total. The molecule has 1 aliphatic heterocycles. The first kappa shape index (κ1) is 23.4. The highest BCUT2D eigenvalue weighted by atomic mass is 16.5. The van der Waals surface area contributed by atoms with Gasteiger partial charge in [0.2, 0.25) is 11.8 Å². The Bertz CT molecular complexity index is 919. The van der Waals surface area contributed by atoms with Crippen LogP contribution in [0.15, 0.2) is 18.2 Å². The van der Waals surface area contributed by atoms with Crippen molar-refractivity contribution in [3.8, 4) is 0 Å². The van der Waals surface area contributed by atoms with Crippen molar-refractivity contribution in [2.75, 3.05) is 13.7 Å². The maximum absolute atomic E-state index is 12.1. The number of aldehydes is 1. The Morgan fingerprint density at radius 2 is 2.09 bits per heavy atom. The molecule has 3 amide bonds. The number of alkyl carbamates (subject to hydrolysis) is 1. The van der Waals surface area contributed by atoms with Crippen molar-refractivity contribution in [1.29, 1.82) is 0 Å². The molecule has 0 radical (unpaired) electrons. The Kier molecular flexibility index (Phi) is 7.12. The van der Waals surface area contributed by atoms with E-state index in [4.69, 9.17) is 4.74 Å². The lowest BCUT2D eigenvalue weighted by Gasteiger charge is -2.54. The van der Waals surface area contributed by atoms with Crippen molar-refractivity contribution < 1.29 is 23.9 Å². The van der Waals surface area contributed by atoms with Gasteiger partial charge >= 0.3 is 6.09 Å². The normalized spacial score (nSPS) is 21.8. The van der Waals surface area contributed by atoms with Gasteiger partial charge in [-0.3, -0.25) is 24.6 Å². The summed E-state index contributed by atoms with van der Waals surface area (Å²) in [7, 11) is 1.80. The second-order valence-electron chi connectivity index (χ2n) is 9.94. The molecule has 33 heavy (non-hydrogen) atoms. The summed E-state index contributed by atoms with van der Waals surface area (Å²) in [5.74, 6) is 0.137. The predicted octanol–water partition coefficient (Wildman–Crippen LogP) is 2.93. The summed E-state index contributed by atoms with van der Waals surface area (Å²) in [4.78, 5) is 48.9. The van der Waals surface area contributed by atoms with E-state index in [1.165, 1.54) is 32.1 Å². The molecule has 3 fully saturated rings. The molecule has 1 aromatic rings. The van der Waals surface area contributed by atoms with E-state index in [1.807, 2.05) is 17.0 Å². The number of carbonyl (C=O) groups is 4. The minimum Gasteiger partial charge on any atom is -0.450 e. The number of rotatable bonds is 9. The van der Waals surface area contributed by atoms with Crippen LogP contribution in [0.2, 0.25) is 0 Å². The lowest BCUT2D eigenvalue weighted by atomic mass is 9.51. The van der Waals surface area contributed by atoms with Crippen molar-refractivity contribution in [3.63, 3.8) is 0 Å². The number of hydrogen-bond donors (Lipinski definition) is 2. The second-order valence-corrected chi connectivity index (χ2v) is 9.94. The summed E-state index contributed by atoms with van der Waals surface area (Å²) in [5.41, 5.74) is 2.74. The molecule has 4 rings (SSSR count). The number of nitrogens with zero attached hydrogens (tertiary/aromatic N) is 1. The topological polar surface area (TPSA) is 105 Å². The minimum absolute atomic E-state index is 0.251. The number of hydrogen-bond acceptors (Lipinski definition) is 6. The molecule has 1 aromatic carbocycles. The number of piperidine rings is 1. The quantitative estimate of drug-likeness (QED) is 0.438. The van der Waals surface area contributed by atoms with E-state index in [0.717, 1.165) is 23.8 Å². The summed E-state index contributed by atoms with van der Waals surface area (Å²) >= 11 is 0. The molecule has 1 heterocycles. The highest BCUT2D eigenvalue weighted by molar-refractivity contribution is 6.00. The molecule has 8 heteroatoms. The van der Waals surface area contributed by atoms with E-state index in [2.05, 4.69) is 10.6 Å².